The van der Waals surface area contributed by atoms with Gasteiger partial charge in [-0.15, -0.1) is 0 Å². The molecule has 1 saturated heterocycles. The summed E-state index contributed by atoms with van der Waals surface area (Å²) in [6, 6.07) is 16.5. The minimum Gasteiger partial charge on any atom is -0.315 e. The van der Waals surface area contributed by atoms with E-state index in [1.54, 1.807) is 28.4 Å². The second-order valence-electron chi connectivity index (χ2n) is 6.90. The van der Waals surface area contributed by atoms with Gasteiger partial charge in [-0.1, -0.05) is 36.8 Å². The standard InChI is InChI=1S/C21H26N2O3S/c1-22(19-8-4-2-5-9-19)21(24)15-12-18-10-13-20(14-11-18)27(25,26)23-16-6-3-7-17-23/h2,4-5,8-11,13-14H,3,6-7,12,15-17H2,1H3. The van der Waals surface area contributed by atoms with Crippen LogP contribution in [0.25, 0.3) is 0 Å². The van der Waals surface area contributed by atoms with Crippen molar-refractivity contribution in [2.24, 2.45) is 0 Å². The first-order chi connectivity index (χ1) is 13.0. The predicted octanol–water partition coefficient (Wildman–Crippen LogP) is 3.46. The third kappa shape index (κ3) is 4.76. The van der Waals surface area contributed by atoms with Crippen molar-refractivity contribution in [3.8, 4) is 0 Å². The molecule has 5 nitrogen and oxygen atoms in total. The van der Waals surface area contributed by atoms with E-state index in [-0.39, 0.29) is 5.91 Å². The number of rotatable bonds is 6. The molecule has 0 atom stereocenters. The molecule has 0 spiro atoms. The summed E-state index contributed by atoms with van der Waals surface area (Å²) in [6.45, 7) is 1.20. The van der Waals surface area contributed by atoms with Crippen molar-refractivity contribution in [3.63, 3.8) is 0 Å². The maximum absolute atomic E-state index is 12.7. The van der Waals surface area contributed by atoms with Crippen molar-refractivity contribution < 1.29 is 13.2 Å². The van der Waals surface area contributed by atoms with E-state index in [9.17, 15) is 13.2 Å². The monoisotopic (exact) mass is 386 g/mol. The summed E-state index contributed by atoms with van der Waals surface area (Å²) in [6.07, 6.45) is 3.91. The molecule has 6 heteroatoms. The molecule has 1 aliphatic heterocycles. The Kier molecular flexibility index (Phi) is 6.29. The number of carbonyl (C=O) groups is 1. The predicted molar refractivity (Wildman–Crippen MR) is 107 cm³/mol. The summed E-state index contributed by atoms with van der Waals surface area (Å²) in [5.41, 5.74) is 1.83. The van der Waals surface area contributed by atoms with E-state index in [0.29, 0.717) is 30.8 Å². The lowest BCUT2D eigenvalue weighted by atomic mass is 10.1. The van der Waals surface area contributed by atoms with Gasteiger partial charge < -0.3 is 4.90 Å². The summed E-state index contributed by atoms with van der Waals surface area (Å²) in [7, 11) is -1.63. The van der Waals surface area contributed by atoms with Crippen LogP contribution in [0.1, 0.15) is 31.2 Å². The van der Waals surface area contributed by atoms with Crippen LogP contribution in [0.5, 0.6) is 0 Å². The van der Waals surface area contributed by atoms with Gasteiger partial charge in [0.1, 0.15) is 0 Å². The molecular formula is C21H26N2O3S. The Hall–Kier alpha value is -2.18. The number of para-hydroxylation sites is 1. The molecule has 27 heavy (non-hydrogen) atoms. The molecule has 0 radical (unpaired) electrons. The zero-order chi connectivity index (χ0) is 19.3. The van der Waals surface area contributed by atoms with Gasteiger partial charge in [-0.05, 0) is 49.1 Å². The smallest absolute Gasteiger partial charge is 0.243 e. The van der Waals surface area contributed by atoms with Gasteiger partial charge in [-0.3, -0.25) is 4.79 Å². The lowest BCUT2D eigenvalue weighted by molar-refractivity contribution is -0.118. The highest BCUT2D eigenvalue weighted by molar-refractivity contribution is 7.89. The van der Waals surface area contributed by atoms with E-state index in [4.69, 9.17) is 0 Å². The molecule has 144 valence electrons. The molecular weight excluding hydrogens is 360 g/mol. The minimum absolute atomic E-state index is 0.0335. The van der Waals surface area contributed by atoms with Gasteiger partial charge in [0.2, 0.25) is 15.9 Å². The van der Waals surface area contributed by atoms with E-state index in [1.165, 1.54) is 0 Å². The maximum Gasteiger partial charge on any atom is 0.243 e. The zero-order valence-electron chi connectivity index (χ0n) is 15.7. The highest BCUT2D eigenvalue weighted by atomic mass is 32.2. The van der Waals surface area contributed by atoms with Crippen LogP contribution in [0.3, 0.4) is 0 Å². The molecule has 0 saturated carbocycles. The SMILES string of the molecule is CN(C(=O)CCc1ccc(S(=O)(=O)N2CCCCC2)cc1)c1ccccc1. The van der Waals surface area contributed by atoms with Crippen molar-refractivity contribution in [1.82, 2.24) is 4.31 Å². The first kappa shape index (κ1) is 19.6. The van der Waals surface area contributed by atoms with Gasteiger partial charge in [0.25, 0.3) is 0 Å². The van der Waals surface area contributed by atoms with Gasteiger partial charge >= 0.3 is 0 Å². The number of hydrogen-bond acceptors (Lipinski definition) is 3. The Balaban J connectivity index is 1.60. The zero-order valence-corrected chi connectivity index (χ0v) is 16.5. The van der Waals surface area contributed by atoms with Crippen molar-refractivity contribution >= 4 is 21.6 Å². The van der Waals surface area contributed by atoms with E-state index in [0.717, 1.165) is 30.5 Å². The van der Waals surface area contributed by atoms with Crippen LogP contribution in [0.2, 0.25) is 0 Å². The summed E-state index contributed by atoms with van der Waals surface area (Å²) in [4.78, 5) is 14.4. The van der Waals surface area contributed by atoms with E-state index < -0.39 is 10.0 Å². The van der Waals surface area contributed by atoms with E-state index in [1.807, 2.05) is 42.5 Å². The third-order valence-corrected chi connectivity index (χ3v) is 6.93. The Labute approximate surface area is 161 Å². The van der Waals surface area contributed by atoms with Crippen LogP contribution in [0.4, 0.5) is 5.69 Å². The molecule has 1 fully saturated rings. The number of nitrogens with zero attached hydrogens (tertiary/aromatic N) is 2. The molecule has 2 aromatic carbocycles. The summed E-state index contributed by atoms with van der Waals surface area (Å²) >= 11 is 0. The normalized spacial score (nSPS) is 15.4. The van der Waals surface area contributed by atoms with Crippen molar-refractivity contribution in [3.05, 3.63) is 60.2 Å². The molecule has 0 bridgehead atoms. The molecule has 3 rings (SSSR count). The average Bonchev–Trinajstić information content (AvgIpc) is 2.73. The highest BCUT2D eigenvalue weighted by Gasteiger charge is 2.25. The first-order valence-electron chi connectivity index (χ1n) is 9.39. The number of aryl methyl sites for hydroxylation is 1. The largest absolute Gasteiger partial charge is 0.315 e. The molecule has 0 unspecified atom stereocenters. The van der Waals surface area contributed by atoms with E-state index in [2.05, 4.69) is 0 Å². The molecule has 0 aromatic heterocycles. The molecule has 0 aliphatic carbocycles. The Morgan fingerprint density at radius 1 is 0.963 bits per heavy atom. The number of piperidine rings is 1. The topological polar surface area (TPSA) is 57.7 Å². The van der Waals surface area contributed by atoms with Crippen molar-refractivity contribution in [2.75, 3.05) is 25.0 Å². The fourth-order valence-corrected chi connectivity index (χ4v) is 4.81. The Morgan fingerprint density at radius 2 is 1.59 bits per heavy atom. The number of hydrogen-bond donors (Lipinski definition) is 0. The van der Waals surface area contributed by atoms with Gasteiger partial charge in [0, 0.05) is 32.2 Å². The van der Waals surface area contributed by atoms with Crippen LogP contribution in [0.15, 0.2) is 59.5 Å². The Bertz CT molecular complexity index is 858. The van der Waals surface area contributed by atoms with Crippen LogP contribution in [-0.2, 0) is 21.2 Å². The third-order valence-electron chi connectivity index (χ3n) is 5.02. The fourth-order valence-electron chi connectivity index (χ4n) is 3.30. The van der Waals surface area contributed by atoms with Crippen LogP contribution in [0, 0.1) is 0 Å². The fraction of sp³-hybridized carbons (Fsp3) is 0.381. The quantitative estimate of drug-likeness (QED) is 0.764. The van der Waals surface area contributed by atoms with Crippen molar-refractivity contribution in [2.45, 2.75) is 37.0 Å². The second kappa shape index (κ2) is 8.67. The molecule has 0 N–H and O–H groups in total. The summed E-state index contributed by atoms with van der Waals surface area (Å²) in [5.74, 6) is 0.0335. The summed E-state index contributed by atoms with van der Waals surface area (Å²) < 4.78 is 26.9. The number of benzene rings is 2. The molecule has 2 aromatic rings. The van der Waals surface area contributed by atoms with Gasteiger partial charge in [-0.2, -0.15) is 4.31 Å². The van der Waals surface area contributed by atoms with Gasteiger partial charge in [-0.25, -0.2) is 8.42 Å². The van der Waals surface area contributed by atoms with Crippen LogP contribution in [-0.4, -0.2) is 38.8 Å². The molecule has 1 heterocycles. The number of anilines is 1. The number of amides is 1. The number of sulfonamides is 1. The lowest BCUT2D eigenvalue weighted by Gasteiger charge is -2.25. The second-order valence-corrected chi connectivity index (χ2v) is 8.83. The average molecular weight is 387 g/mol. The van der Waals surface area contributed by atoms with Crippen molar-refractivity contribution in [1.29, 1.82) is 0 Å². The number of carbonyl (C=O) groups excluding carboxylic acids is 1. The Morgan fingerprint density at radius 3 is 2.22 bits per heavy atom. The molecule has 1 aliphatic rings. The minimum atomic E-state index is -3.40. The van der Waals surface area contributed by atoms with Crippen LogP contribution < -0.4 is 4.90 Å². The highest BCUT2D eigenvalue weighted by Crippen LogP contribution is 2.21. The van der Waals surface area contributed by atoms with E-state index >= 15 is 0 Å². The summed E-state index contributed by atoms with van der Waals surface area (Å²) in [5, 5.41) is 0. The van der Waals surface area contributed by atoms with Gasteiger partial charge in [0.15, 0.2) is 0 Å². The molecule has 1 amide bonds. The first-order valence-corrected chi connectivity index (χ1v) is 10.8. The lowest BCUT2D eigenvalue weighted by Crippen LogP contribution is -2.35. The van der Waals surface area contributed by atoms with Crippen LogP contribution >= 0.6 is 0 Å². The maximum atomic E-state index is 12.7. The van der Waals surface area contributed by atoms with Gasteiger partial charge in [0.05, 0.1) is 4.90 Å².